The molecule has 6 heteroatoms. The number of hydrogen-bond donors (Lipinski definition) is 0. The molecule has 11 aromatic rings. The SMILES string of the molecule is c1ccc(-c2ccc(-c3nc(-c4cccc(-c5ccccn5)c4)nc(-n4c5ccccc5c5ccc6c7ccccc7n(-c7ccccc7)c6c54)n3)cc2)cc1. The Kier molecular flexibility index (Phi) is 7.38. The van der Waals surface area contributed by atoms with Crippen LogP contribution in [0.2, 0.25) is 0 Å². The molecule has 11 rings (SSSR count). The lowest BCUT2D eigenvalue weighted by Gasteiger charge is -2.13. The van der Waals surface area contributed by atoms with Crippen LogP contribution in [0.25, 0.3) is 100 Å². The van der Waals surface area contributed by atoms with Crippen molar-refractivity contribution in [1.29, 1.82) is 0 Å². The lowest BCUT2D eigenvalue weighted by molar-refractivity contribution is 0.953. The van der Waals surface area contributed by atoms with Crippen molar-refractivity contribution in [2.24, 2.45) is 0 Å². The monoisotopic (exact) mass is 716 g/mol. The predicted octanol–water partition coefficient (Wildman–Crippen LogP) is 12.1. The number of pyridine rings is 1. The standard InChI is InChI=1S/C50H32N6/c1-3-14-33(15-4-1)34-25-27-35(28-26-34)48-52-49(37-17-13-16-36(32-37)43-22-11-12-31-51-43)54-50(53-48)56-45-24-10-8-21-40(45)42-30-29-41-39-20-7-9-23-44(39)55(46(41)47(42)56)38-18-5-2-6-19-38/h1-32H. The molecule has 4 aromatic heterocycles. The van der Waals surface area contributed by atoms with E-state index in [9.17, 15) is 0 Å². The van der Waals surface area contributed by atoms with Gasteiger partial charge < -0.3 is 4.57 Å². The summed E-state index contributed by atoms with van der Waals surface area (Å²) < 4.78 is 4.62. The molecule has 4 heterocycles. The van der Waals surface area contributed by atoms with Crippen molar-refractivity contribution in [3.05, 3.63) is 194 Å². The predicted molar refractivity (Wildman–Crippen MR) is 228 cm³/mol. The third-order valence-electron chi connectivity index (χ3n) is 10.6. The molecule has 0 aliphatic carbocycles. The first-order valence-corrected chi connectivity index (χ1v) is 18.7. The van der Waals surface area contributed by atoms with Crippen LogP contribution in [0.1, 0.15) is 0 Å². The molecule has 56 heavy (non-hydrogen) atoms. The van der Waals surface area contributed by atoms with Crippen LogP contribution in [0.5, 0.6) is 0 Å². The summed E-state index contributed by atoms with van der Waals surface area (Å²) in [7, 11) is 0. The van der Waals surface area contributed by atoms with Gasteiger partial charge >= 0.3 is 0 Å². The molecular formula is C50H32N6. The third-order valence-corrected chi connectivity index (χ3v) is 10.6. The fraction of sp³-hybridized carbons (Fsp3) is 0. The van der Waals surface area contributed by atoms with E-state index >= 15 is 0 Å². The fourth-order valence-corrected chi connectivity index (χ4v) is 8.07. The topological polar surface area (TPSA) is 61.4 Å². The molecule has 0 fully saturated rings. The van der Waals surface area contributed by atoms with Gasteiger partial charge in [-0.05, 0) is 53.6 Å². The van der Waals surface area contributed by atoms with E-state index in [1.54, 1.807) is 0 Å². The summed E-state index contributed by atoms with van der Waals surface area (Å²) in [5.74, 6) is 1.72. The maximum absolute atomic E-state index is 5.35. The van der Waals surface area contributed by atoms with Gasteiger partial charge in [-0.15, -0.1) is 0 Å². The van der Waals surface area contributed by atoms with Crippen molar-refractivity contribution in [3.63, 3.8) is 0 Å². The van der Waals surface area contributed by atoms with Crippen molar-refractivity contribution in [2.75, 3.05) is 0 Å². The van der Waals surface area contributed by atoms with Gasteiger partial charge in [0.1, 0.15) is 0 Å². The lowest BCUT2D eigenvalue weighted by atomic mass is 10.0. The zero-order valence-electron chi connectivity index (χ0n) is 30.2. The average molecular weight is 717 g/mol. The smallest absolute Gasteiger partial charge is 0.238 e. The van der Waals surface area contributed by atoms with E-state index in [2.05, 4.69) is 172 Å². The summed E-state index contributed by atoms with van der Waals surface area (Å²) >= 11 is 0. The van der Waals surface area contributed by atoms with E-state index in [0.29, 0.717) is 17.6 Å². The van der Waals surface area contributed by atoms with Gasteiger partial charge in [0.15, 0.2) is 11.6 Å². The van der Waals surface area contributed by atoms with Gasteiger partial charge in [0, 0.05) is 50.1 Å². The second kappa shape index (κ2) is 13.0. The summed E-state index contributed by atoms with van der Waals surface area (Å²) in [6, 6.07) is 65.4. The molecule has 0 aliphatic heterocycles. The van der Waals surface area contributed by atoms with Crippen molar-refractivity contribution in [1.82, 2.24) is 29.1 Å². The van der Waals surface area contributed by atoms with Crippen LogP contribution >= 0.6 is 0 Å². The molecule has 0 atom stereocenters. The molecule has 0 unspecified atom stereocenters. The first-order chi connectivity index (χ1) is 27.8. The fourth-order valence-electron chi connectivity index (χ4n) is 8.07. The summed E-state index contributed by atoms with van der Waals surface area (Å²) in [5, 5.41) is 4.60. The Hall–Kier alpha value is -7.70. The maximum Gasteiger partial charge on any atom is 0.238 e. The first-order valence-electron chi connectivity index (χ1n) is 18.7. The number of para-hydroxylation sites is 3. The van der Waals surface area contributed by atoms with E-state index in [1.165, 1.54) is 5.39 Å². The largest absolute Gasteiger partial charge is 0.307 e. The molecule has 0 amide bonds. The Morgan fingerprint density at radius 1 is 0.339 bits per heavy atom. The molecule has 0 bridgehead atoms. The molecule has 0 saturated carbocycles. The molecule has 0 aliphatic rings. The highest BCUT2D eigenvalue weighted by Gasteiger charge is 2.23. The van der Waals surface area contributed by atoms with Crippen molar-refractivity contribution < 1.29 is 0 Å². The van der Waals surface area contributed by atoms with E-state index < -0.39 is 0 Å². The Morgan fingerprint density at radius 2 is 0.875 bits per heavy atom. The second-order valence-electron chi connectivity index (χ2n) is 13.9. The van der Waals surface area contributed by atoms with Crippen molar-refractivity contribution >= 4 is 43.6 Å². The van der Waals surface area contributed by atoms with Crippen LogP contribution < -0.4 is 0 Å². The lowest BCUT2D eigenvalue weighted by Crippen LogP contribution is -2.07. The minimum absolute atomic E-state index is 0.545. The number of benzene rings is 7. The molecule has 6 nitrogen and oxygen atoms in total. The number of nitrogens with zero attached hydrogens (tertiary/aromatic N) is 6. The molecule has 0 spiro atoms. The number of hydrogen-bond acceptors (Lipinski definition) is 4. The minimum atomic E-state index is 0.545. The van der Waals surface area contributed by atoms with E-state index in [1.807, 2.05) is 36.5 Å². The van der Waals surface area contributed by atoms with Crippen molar-refractivity contribution in [3.8, 4) is 56.8 Å². The number of rotatable bonds is 6. The van der Waals surface area contributed by atoms with Gasteiger partial charge in [-0.2, -0.15) is 9.97 Å². The summed E-state index contributed by atoms with van der Waals surface area (Å²) in [6.45, 7) is 0. The molecule has 0 saturated heterocycles. The summed E-state index contributed by atoms with van der Waals surface area (Å²) in [6.07, 6.45) is 1.82. The van der Waals surface area contributed by atoms with Gasteiger partial charge in [-0.25, -0.2) is 4.98 Å². The molecule has 0 N–H and O–H groups in total. The molecular weight excluding hydrogens is 685 g/mol. The highest BCUT2D eigenvalue weighted by Crippen LogP contribution is 2.41. The molecule has 0 radical (unpaired) electrons. The van der Waals surface area contributed by atoms with Crippen LogP contribution in [0, 0.1) is 0 Å². The quantitative estimate of drug-likeness (QED) is 0.172. The Labute approximate surface area is 322 Å². The van der Waals surface area contributed by atoms with Gasteiger partial charge in [0.25, 0.3) is 0 Å². The van der Waals surface area contributed by atoms with Crippen molar-refractivity contribution in [2.45, 2.75) is 0 Å². The zero-order chi connectivity index (χ0) is 37.0. The van der Waals surface area contributed by atoms with Gasteiger partial charge in [0.05, 0.1) is 27.8 Å². The normalized spacial score (nSPS) is 11.6. The highest BCUT2D eigenvalue weighted by molar-refractivity contribution is 6.23. The number of aromatic nitrogens is 6. The minimum Gasteiger partial charge on any atom is -0.307 e. The van der Waals surface area contributed by atoms with Gasteiger partial charge in [0.2, 0.25) is 5.95 Å². The van der Waals surface area contributed by atoms with Crippen LogP contribution in [0.4, 0.5) is 0 Å². The zero-order valence-corrected chi connectivity index (χ0v) is 30.2. The second-order valence-corrected chi connectivity index (χ2v) is 13.9. The summed E-state index contributed by atoms with van der Waals surface area (Å²) in [4.78, 5) is 20.5. The Balaban J connectivity index is 1.22. The van der Waals surface area contributed by atoms with Crippen LogP contribution in [0.15, 0.2) is 194 Å². The van der Waals surface area contributed by atoms with E-state index in [0.717, 1.165) is 77.4 Å². The Morgan fingerprint density at radius 3 is 1.57 bits per heavy atom. The molecule has 7 aromatic carbocycles. The van der Waals surface area contributed by atoms with Crippen LogP contribution in [-0.2, 0) is 0 Å². The average Bonchev–Trinajstić information content (AvgIpc) is 3.80. The van der Waals surface area contributed by atoms with E-state index in [-0.39, 0.29) is 0 Å². The van der Waals surface area contributed by atoms with Gasteiger partial charge in [-0.3, -0.25) is 9.55 Å². The third kappa shape index (κ3) is 5.19. The van der Waals surface area contributed by atoms with Gasteiger partial charge in [-0.1, -0.05) is 146 Å². The maximum atomic E-state index is 5.35. The Bertz CT molecular complexity index is 3220. The summed E-state index contributed by atoms with van der Waals surface area (Å²) in [5.41, 5.74) is 11.3. The van der Waals surface area contributed by atoms with Crippen LogP contribution in [0.3, 0.4) is 0 Å². The first kappa shape index (κ1) is 31.8. The van der Waals surface area contributed by atoms with Crippen LogP contribution in [-0.4, -0.2) is 29.1 Å². The molecule has 262 valence electrons. The number of fused-ring (bicyclic) bond motifs is 7. The highest BCUT2D eigenvalue weighted by atomic mass is 15.2. The van der Waals surface area contributed by atoms with E-state index in [4.69, 9.17) is 15.0 Å².